The van der Waals surface area contributed by atoms with Crippen molar-refractivity contribution in [3.05, 3.63) is 68.7 Å². The first-order valence-corrected chi connectivity index (χ1v) is 18.5. The van der Waals surface area contributed by atoms with Crippen LogP contribution < -0.4 is 20.7 Å². The molecule has 2 saturated heterocycles. The molecule has 2 aliphatic rings. The maximum absolute atomic E-state index is 14.7. The molecule has 0 saturated carbocycles. The molecule has 2 fully saturated rings. The van der Waals surface area contributed by atoms with Crippen LogP contribution in [0.25, 0.3) is 21.0 Å². The van der Waals surface area contributed by atoms with Gasteiger partial charge in [-0.05, 0) is 78.9 Å². The number of thiophene rings is 1. The molecule has 13 nitrogen and oxygen atoms in total. The number of aryl methyl sites for hydroxylation is 1. The number of hydrogen-bond acceptors (Lipinski definition) is 11. The summed E-state index contributed by atoms with van der Waals surface area (Å²) in [7, 11) is -2.61. The van der Waals surface area contributed by atoms with E-state index in [1.54, 1.807) is 14.0 Å². The number of amides is 1. The SMILES string of the molecule is COc1ccccc1[C@H](Cn1c(=O)n(C(C)(C)C(=O)NS(=O)(=O)C(C)(C)C)c(=O)c2c(C)c(-c3ncco3)sc21)OC1C[C@H]2CC[C@H](C1)O2. The first kappa shape index (κ1) is 35.1. The molecule has 0 spiro atoms. The van der Waals surface area contributed by atoms with Crippen molar-refractivity contribution < 1.29 is 31.8 Å². The number of nitrogens with one attached hydrogen (secondary N) is 1. The molecule has 1 N–H and O–H groups in total. The lowest BCUT2D eigenvalue weighted by Crippen LogP contribution is -2.58. The van der Waals surface area contributed by atoms with Gasteiger partial charge in [0.25, 0.3) is 11.5 Å². The van der Waals surface area contributed by atoms with Gasteiger partial charge in [-0.25, -0.2) is 22.8 Å². The van der Waals surface area contributed by atoms with E-state index in [-0.39, 0.29) is 36.1 Å². The molecule has 3 aromatic heterocycles. The van der Waals surface area contributed by atoms with E-state index in [1.165, 1.54) is 63.0 Å². The third kappa shape index (κ3) is 6.37. The van der Waals surface area contributed by atoms with E-state index in [4.69, 9.17) is 18.6 Å². The van der Waals surface area contributed by atoms with Crippen molar-refractivity contribution in [1.82, 2.24) is 18.8 Å². The van der Waals surface area contributed by atoms with Gasteiger partial charge in [-0.1, -0.05) is 18.2 Å². The molecule has 15 heteroatoms. The Bertz CT molecular complexity index is 2100. The quantitative estimate of drug-likeness (QED) is 0.245. The molecule has 0 aliphatic carbocycles. The maximum atomic E-state index is 14.7. The van der Waals surface area contributed by atoms with E-state index >= 15 is 0 Å². The second kappa shape index (κ2) is 12.8. The van der Waals surface area contributed by atoms with E-state index < -0.39 is 43.6 Å². The number of aromatic nitrogens is 3. The summed E-state index contributed by atoms with van der Waals surface area (Å²) >= 11 is 1.17. The van der Waals surface area contributed by atoms with Crippen molar-refractivity contribution in [2.45, 2.75) is 108 Å². The van der Waals surface area contributed by atoms with E-state index in [0.29, 0.717) is 39.4 Å². The first-order valence-electron chi connectivity index (χ1n) is 16.2. The Balaban J connectivity index is 1.54. The van der Waals surface area contributed by atoms with Crippen LogP contribution in [0, 0.1) is 6.92 Å². The number of oxazole rings is 1. The van der Waals surface area contributed by atoms with Crippen LogP contribution >= 0.6 is 11.3 Å². The van der Waals surface area contributed by atoms with Crippen LogP contribution in [-0.4, -0.2) is 58.6 Å². The summed E-state index contributed by atoms with van der Waals surface area (Å²) in [6.45, 7) is 8.71. The summed E-state index contributed by atoms with van der Waals surface area (Å²) in [5.74, 6) is -0.189. The van der Waals surface area contributed by atoms with Gasteiger partial charge in [0.2, 0.25) is 15.9 Å². The molecule has 1 amide bonds. The highest BCUT2D eigenvalue weighted by Crippen LogP contribution is 2.40. The molecule has 1 aromatic carbocycles. The number of carbonyl (C=O) groups excluding carboxylic acids is 1. The summed E-state index contributed by atoms with van der Waals surface area (Å²) in [6, 6.07) is 7.40. The fourth-order valence-corrected chi connectivity index (χ4v) is 8.55. The van der Waals surface area contributed by atoms with Gasteiger partial charge in [-0.2, -0.15) is 0 Å². The number of benzene rings is 1. The molecular weight excluding hydrogens is 673 g/mol. The van der Waals surface area contributed by atoms with Crippen LogP contribution in [0.3, 0.4) is 0 Å². The summed E-state index contributed by atoms with van der Waals surface area (Å²) in [5.41, 5.74) is -2.27. The predicted molar refractivity (Wildman–Crippen MR) is 184 cm³/mol. The minimum absolute atomic E-state index is 0.0500. The number of ether oxygens (including phenoxy) is 3. The Morgan fingerprint density at radius 1 is 1.12 bits per heavy atom. The predicted octanol–water partition coefficient (Wildman–Crippen LogP) is 4.64. The molecule has 0 radical (unpaired) electrons. The highest BCUT2D eigenvalue weighted by Gasteiger charge is 2.41. The number of sulfonamides is 1. The van der Waals surface area contributed by atoms with E-state index in [2.05, 4.69) is 9.71 Å². The molecule has 4 aromatic rings. The van der Waals surface area contributed by atoms with E-state index in [9.17, 15) is 22.8 Å². The number of hydrogen-bond donors (Lipinski definition) is 1. The largest absolute Gasteiger partial charge is 0.496 e. The number of methoxy groups -OCH3 is 1. The Morgan fingerprint density at radius 3 is 2.41 bits per heavy atom. The van der Waals surface area contributed by atoms with Crippen molar-refractivity contribution in [3.63, 3.8) is 0 Å². The summed E-state index contributed by atoms with van der Waals surface area (Å²) in [5, 5.41) is 0.181. The van der Waals surface area contributed by atoms with E-state index in [1.807, 2.05) is 24.3 Å². The zero-order chi connectivity index (χ0) is 35.5. The molecule has 3 atom stereocenters. The highest BCUT2D eigenvalue weighted by atomic mass is 32.2. The van der Waals surface area contributed by atoms with Crippen molar-refractivity contribution in [2.75, 3.05) is 7.11 Å². The van der Waals surface area contributed by atoms with Crippen LogP contribution in [0.4, 0.5) is 0 Å². The number of fused-ring (bicyclic) bond motifs is 3. The van der Waals surface area contributed by atoms with Crippen LogP contribution in [0.15, 0.2) is 50.7 Å². The molecule has 5 heterocycles. The minimum Gasteiger partial charge on any atom is -0.496 e. The maximum Gasteiger partial charge on any atom is 0.333 e. The van der Waals surface area contributed by atoms with Gasteiger partial charge in [-0.15, -0.1) is 11.3 Å². The van der Waals surface area contributed by atoms with Crippen molar-refractivity contribution in [1.29, 1.82) is 0 Å². The first-order chi connectivity index (χ1) is 23.0. The van der Waals surface area contributed by atoms with Crippen LogP contribution in [0.2, 0.25) is 0 Å². The molecule has 49 heavy (non-hydrogen) atoms. The summed E-state index contributed by atoms with van der Waals surface area (Å²) in [6.07, 6.45) is 5.58. The van der Waals surface area contributed by atoms with Crippen LogP contribution in [-0.2, 0) is 36.4 Å². The Hall–Kier alpha value is -3.79. The van der Waals surface area contributed by atoms with Gasteiger partial charge in [0, 0.05) is 5.56 Å². The van der Waals surface area contributed by atoms with Gasteiger partial charge in [-0.3, -0.25) is 18.9 Å². The monoisotopic (exact) mass is 714 g/mol. The van der Waals surface area contributed by atoms with Gasteiger partial charge < -0.3 is 18.6 Å². The minimum atomic E-state index is -4.17. The number of nitrogens with zero attached hydrogens (tertiary/aromatic N) is 3. The molecule has 2 aliphatic heterocycles. The third-order valence-electron chi connectivity index (χ3n) is 9.42. The summed E-state index contributed by atoms with van der Waals surface area (Å²) in [4.78, 5) is 48.0. The van der Waals surface area contributed by atoms with Crippen LogP contribution in [0.5, 0.6) is 5.75 Å². The highest BCUT2D eigenvalue weighted by molar-refractivity contribution is 7.91. The second-order valence-electron chi connectivity index (χ2n) is 14.1. The normalized spacial score (nSPS) is 20.4. The third-order valence-corrected chi connectivity index (χ3v) is 12.8. The van der Waals surface area contributed by atoms with Crippen LogP contribution in [0.1, 0.15) is 77.5 Å². The smallest absolute Gasteiger partial charge is 0.333 e. The molecule has 2 bridgehead atoms. The van der Waals surface area contributed by atoms with Gasteiger partial charge in [0.05, 0.1) is 53.2 Å². The van der Waals surface area contributed by atoms with Gasteiger partial charge >= 0.3 is 5.69 Å². The Morgan fingerprint density at radius 2 is 1.80 bits per heavy atom. The zero-order valence-corrected chi connectivity index (χ0v) is 30.3. The zero-order valence-electron chi connectivity index (χ0n) is 28.6. The number of rotatable bonds is 10. The topological polar surface area (TPSA) is 161 Å². The fourth-order valence-electron chi connectivity index (χ4n) is 6.51. The van der Waals surface area contributed by atoms with Crippen molar-refractivity contribution in [2.24, 2.45) is 0 Å². The summed E-state index contributed by atoms with van der Waals surface area (Å²) < 4.78 is 53.3. The fraction of sp³-hybridized carbons (Fsp3) is 0.529. The Kier molecular flexibility index (Phi) is 9.18. The molecular formula is C34H42N4O9S2. The van der Waals surface area contributed by atoms with E-state index in [0.717, 1.165) is 17.4 Å². The van der Waals surface area contributed by atoms with Crippen molar-refractivity contribution in [3.8, 4) is 16.5 Å². The second-order valence-corrected chi connectivity index (χ2v) is 17.6. The lowest BCUT2D eigenvalue weighted by molar-refractivity contribution is -0.126. The molecule has 0 unspecified atom stereocenters. The average molecular weight is 715 g/mol. The Labute approximate surface area is 288 Å². The standard InChI is InChI=1S/C34H42N4O9S2/c1-19-26-29(39)38(34(5,6)31(40)36-49(42,43)33(2,3)4)32(41)37(30(26)48-27(19)28-35-14-15-45-28)18-25(23-10-8-9-11-24(23)44-7)47-22-16-20-12-13-21(17-22)46-20/h8-11,14-15,20-22,25H,12-13,16-18H2,1-7H3,(H,36,40)/t20-,21-,25+/m1/s1. The molecule has 6 rings (SSSR count). The number of para-hydroxylation sites is 1. The van der Waals surface area contributed by atoms with Crippen molar-refractivity contribution >= 4 is 37.5 Å². The average Bonchev–Trinajstić information content (AvgIpc) is 3.77. The number of carbonyl (C=O) groups is 1. The lowest BCUT2D eigenvalue weighted by Gasteiger charge is -2.33. The van der Waals surface area contributed by atoms with Gasteiger partial charge in [0.1, 0.15) is 28.5 Å². The molecule has 264 valence electrons. The lowest BCUT2D eigenvalue weighted by atomic mass is 10.0. The van der Waals surface area contributed by atoms with Gasteiger partial charge in [0.15, 0.2) is 0 Å².